The van der Waals surface area contributed by atoms with Gasteiger partial charge in [0.25, 0.3) is 5.91 Å². The summed E-state index contributed by atoms with van der Waals surface area (Å²) in [5, 5.41) is 19.8. The summed E-state index contributed by atoms with van der Waals surface area (Å²) in [7, 11) is 0. The van der Waals surface area contributed by atoms with Crippen molar-refractivity contribution in [2.24, 2.45) is 0 Å². The van der Waals surface area contributed by atoms with Gasteiger partial charge in [-0.2, -0.15) is 5.26 Å². The van der Waals surface area contributed by atoms with Gasteiger partial charge in [0.1, 0.15) is 16.9 Å². The van der Waals surface area contributed by atoms with E-state index in [2.05, 4.69) is 10.3 Å². The number of aromatic nitrogens is 1. The molecule has 0 saturated carbocycles. The van der Waals surface area contributed by atoms with Gasteiger partial charge in [0, 0.05) is 22.6 Å². The standard InChI is InChI=1S/C18H18ClN5O/c1-4-14(21)12-7-11(5-6-15(12)22)23-18(25)16-10(3)9(2)13(8-20)17(19)24-16/h5-7,21H,4,22H2,1-3H3,(H,23,25). The summed E-state index contributed by atoms with van der Waals surface area (Å²) in [6.07, 6.45) is 0.534. The molecule has 0 bridgehead atoms. The second-order valence-corrected chi connectivity index (χ2v) is 5.93. The summed E-state index contributed by atoms with van der Waals surface area (Å²) >= 11 is 6.00. The minimum absolute atomic E-state index is 0.00139. The molecule has 0 atom stereocenters. The molecular weight excluding hydrogens is 338 g/mol. The van der Waals surface area contributed by atoms with Gasteiger partial charge in [0.15, 0.2) is 0 Å². The van der Waals surface area contributed by atoms with Gasteiger partial charge in [-0.15, -0.1) is 0 Å². The normalized spacial score (nSPS) is 10.2. The lowest BCUT2D eigenvalue weighted by atomic mass is 10.0. The van der Waals surface area contributed by atoms with Crippen LogP contribution in [0.5, 0.6) is 0 Å². The summed E-state index contributed by atoms with van der Waals surface area (Å²) < 4.78 is 0. The van der Waals surface area contributed by atoms with Crippen molar-refractivity contribution < 1.29 is 4.79 Å². The van der Waals surface area contributed by atoms with E-state index in [4.69, 9.17) is 28.0 Å². The molecule has 128 valence electrons. The van der Waals surface area contributed by atoms with Crippen LogP contribution >= 0.6 is 11.6 Å². The largest absolute Gasteiger partial charge is 0.398 e. The zero-order valence-electron chi connectivity index (χ0n) is 14.2. The summed E-state index contributed by atoms with van der Waals surface area (Å²) in [6, 6.07) is 6.95. The van der Waals surface area contributed by atoms with Crippen molar-refractivity contribution in [1.29, 1.82) is 10.7 Å². The van der Waals surface area contributed by atoms with Crippen LogP contribution in [0.15, 0.2) is 18.2 Å². The van der Waals surface area contributed by atoms with E-state index >= 15 is 0 Å². The van der Waals surface area contributed by atoms with Crippen molar-refractivity contribution in [3.8, 4) is 6.07 Å². The number of amides is 1. The Morgan fingerprint density at radius 1 is 1.40 bits per heavy atom. The number of hydrogen-bond donors (Lipinski definition) is 3. The van der Waals surface area contributed by atoms with Crippen molar-refractivity contribution >= 4 is 34.6 Å². The smallest absolute Gasteiger partial charge is 0.274 e. The van der Waals surface area contributed by atoms with Crippen LogP contribution in [-0.4, -0.2) is 16.6 Å². The average Bonchev–Trinajstić information content (AvgIpc) is 2.59. The van der Waals surface area contributed by atoms with E-state index < -0.39 is 5.91 Å². The number of benzene rings is 1. The number of nitrogens with zero attached hydrogens (tertiary/aromatic N) is 2. The highest BCUT2D eigenvalue weighted by Gasteiger charge is 2.18. The molecule has 0 saturated heterocycles. The first-order chi connectivity index (χ1) is 11.8. The minimum Gasteiger partial charge on any atom is -0.398 e. The molecule has 2 aromatic rings. The minimum atomic E-state index is -0.439. The van der Waals surface area contributed by atoms with Gasteiger partial charge in [0.05, 0.1) is 5.56 Å². The highest BCUT2D eigenvalue weighted by atomic mass is 35.5. The molecule has 7 heteroatoms. The molecule has 0 spiro atoms. The second kappa shape index (κ2) is 7.32. The van der Waals surface area contributed by atoms with Crippen LogP contribution in [0.25, 0.3) is 0 Å². The van der Waals surface area contributed by atoms with Crippen LogP contribution in [0.3, 0.4) is 0 Å². The topological polar surface area (TPSA) is 116 Å². The van der Waals surface area contributed by atoms with Crippen molar-refractivity contribution in [3.05, 3.63) is 51.3 Å². The number of pyridine rings is 1. The summed E-state index contributed by atoms with van der Waals surface area (Å²) in [5.41, 5.74) is 9.49. The van der Waals surface area contributed by atoms with Crippen LogP contribution in [0.1, 0.15) is 46.1 Å². The van der Waals surface area contributed by atoms with E-state index in [9.17, 15) is 4.79 Å². The van der Waals surface area contributed by atoms with Crippen molar-refractivity contribution in [2.75, 3.05) is 11.1 Å². The number of nitriles is 1. The lowest BCUT2D eigenvalue weighted by Gasteiger charge is -2.13. The number of anilines is 2. The maximum absolute atomic E-state index is 12.6. The first kappa shape index (κ1) is 18.4. The number of halogens is 1. The molecule has 0 aliphatic rings. The summed E-state index contributed by atoms with van der Waals surface area (Å²) in [5.74, 6) is -0.439. The van der Waals surface area contributed by atoms with Gasteiger partial charge in [-0.05, 0) is 49.6 Å². The predicted molar refractivity (Wildman–Crippen MR) is 99.4 cm³/mol. The number of nitrogens with one attached hydrogen (secondary N) is 2. The van der Waals surface area contributed by atoms with Crippen LogP contribution < -0.4 is 11.1 Å². The number of rotatable bonds is 4. The zero-order chi connectivity index (χ0) is 18.7. The molecule has 25 heavy (non-hydrogen) atoms. The molecule has 6 nitrogen and oxygen atoms in total. The predicted octanol–water partition coefficient (Wildman–Crippen LogP) is 3.84. The Balaban J connectivity index is 2.39. The van der Waals surface area contributed by atoms with E-state index in [0.717, 1.165) is 0 Å². The van der Waals surface area contributed by atoms with Crippen molar-refractivity contribution in [3.63, 3.8) is 0 Å². The number of carbonyl (C=O) groups excluding carboxylic acids is 1. The highest BCUT2D eigenvalue weighted by Crippen LogP contribution is 2.24. The molecule has 1 amide bonds. The lowest BCUT2D eigenvalue weighted by molar-refractivity contribution is 0.102. The summed E-state index contributed by atoms with van der Waals surface area (Å²) in [6.45, 7) is 5.31. The fourth-order valence-corrected chi connectivity index (χ4v) is 2.65. The van der Waals surface area contributed by atoms with E-state index in [1.165, 1.54) is 0 Å². The van der Waals surface area contributed by atoms with Crippen LogP contribution in [0, 0.1) is 30.6 Å². The molecular formula is C18H18ClN5O. The van der Waals surface area contributed by atoms with E-state index in [1.54, 1.807) is 32.0 Å². The second-order valence-electron chi connectivity index (χ2n) is 5.58. The molecule has 0 aliphatic carbocycles. The molecule has 2 rings (SSSR count). The number of nitrogen functional groups attached to an aromatic ring is 1. The van der Waals surface area contributed by atoms with Crippen LogP contribution in [-0.2, 0) is 0 Å². The van der Waals surface area contributed by atoms with Gasteiger partial charge >= 0.3 is 0 Å². The third-order valence-electron chi connectivity index (χ3n) is 4.03. The Hall–Kier alpha value is -2.91. The Morgan fingerprint density at radius 3 is 2.68 bits per heavy atom. The first-order valence-corrected chi connectivity index (χ1v) is 8.03. The quantitative estimate of drug-likeness (QED) is 0.439. The molecule has 1 aromatic carbocycles. The fraction of sp³-hybridized carbons (Fsp3) is 0.222. The van der Waals surface area contributed by atoms with Crippen molar-refractivity contribution in [2.45, 2.75) is 27.2 Å². The molecule has 1 heterocycles. The van der Waals surface area contributed by atoms with Gasteiger partial charge in [0.2, 0.25) is 0 Å². The van der Waals surface area contributed by atoms with Gasteiger partial charge in [-0.3, -0.25) is 4.79 Å². The first-order valence-electron chi connectivity index (χ1n) is 7.65. The van der Waals surface area contributed by atoms with Gasteiger partial charge in [-0.1, -0.05) is 18.5 Å². The Bertz CT molecular complexity index is 915. The van der Waals surface area contributed by atoms with E-state index in [1.807, 2.05) is 13.0 Å². The number of carbonyl (C=O) groups is 1. The third kappa shape index (κ3) is 3.62. The molecule has 1 aromatic heterocycles. The molecule has 0 unspecified atom stereocenters. The van der Waals surface area contributed by atoms with E-state index in [-0.39, 0.29) is 16.4 Å². The number of nitrogens with two attached hydrogens (primary N) is 1. The van der Waals surface area contributed by atoms with Crippen molar-refractivity contribution in [1.82, 2.24) is 4.98 Å². The maximum atomic E-state index is 12.6. The van der Waals surface area contributed by atoms with Gasteiger partial charge in [-0.25, -0.2) is 4.98 Å². The average molecular weight is 356 g/mol. The van der Waals surface area contributed by atoms with Gasteiger partial charge < -0.3 is 16.5 Å². The lowest BCUT2D eigenvalue weighted by Crippen LogP contribution is -2.17. The van der Waals surface area contributed by atoms with E-state index in [0.29, 0.717) is 40.2 Å². The fourth-order valence-electron chi connectivity index (χ4n) is 2.38. The zero-order valence-corrected chi connectivity index (χ0v) is 15.0. The highest BCUT2D eigenvalue weighted by molar-refractivity contribution is 6.31. The monoisotopic (exact) mass is 355 g/mol. The Labute approximate surface area is 151 Å². The molecule has 4 N–H and O–H groups in total. The Morgan fingerprint density at radius 2 is 2.08 bits per heavy atom. The number of hydrogen-bond acceptors (Lipinski definition) is 5. The Kier molecular flexibility index (Phi) is 5.40. The van der Waals surface area contributed by atoms with Crippen LogP contribution in [0.4, 0.5) is 11.4 Å². The molecule has 0 radical (unpaired) electrons. The maximum Gasteiger partial charge on any atom is 0.274 e. The SMILES string of the molecule is CCC(=N)c1cc(NC(=O)c2nc(Cl)c(C#N)c(C)c2C)ccc1N. The third-order valence-corrected chi connectivity index (χ3v) is 4.30. The summed E-state index contributed by atoms with van der Waals surface area (Å²) in [4.78, 5) is 16.6. The van der Waals surface area contributed by atoms with Crippen LogP contribution in [0.2, 0.25) is 5.15 Å². The molecule has 0 fully saturated rings. The molecule has 0 aliphatic heterocycles.